The summed E-state index contributed by atoms with van der Waals surface area (Å²) in [6, 6.07) is 12.0. The van der Waals surface area contributed by atoms with Crippen LogP contribution in [-0.2, 0) is 11.2 Å². The van der Waals surface area contributed by atoms with Crippen LogP contribution < -0.4 is 20.1 Å². The third-order valence-electron chi connectivity index (χ3n) is 5.83. The minimum atomic E-state index is -1.18. The Morgan fingerprint density at radius 3 is 2.68 bits per heavy atom. The molecule has 37 heavy (non-hydrogen) atoms. The Balaban J connectivity index is 1.54. The number of phenolic OH excluding ortho intramolecular Hbond substituents is 1. The second-order valence-corrected chi connectivity index (χ2v) is 9.33. The summed E-state index contributed by atoms with van der Waals surface area (Å²) >= 11 is 0. The monoisotopic (exact) mass is 512 g/mol. The van der Waals surface area contributed by atoms with Crippen LogP contribution in [0.2, 0.25) is 0 Å². The molecule has 0 spiro atoms. The number of aliphatic hydroxyl groups excluding tert-OH is 1. The van der Waals surface area contributed by atoms with Gasteiger partial charge in [-0.1, -0.05) is 18.2 Å². The zero-order valence-electron chi connectivity index (χ0n) is 20.2. The van der Waals surface area contributed by atoms with Gasteiger partial charge in [-0.05, 0) is 50.1 Å². The fourth-order valence-electron chi connectivity index (χ4n) is 4.00. The molecule has 4 N–H and O–H groups in total. The van der Waals surface area contributed by atoms with Crippen molar-refractivity contribution in [1.29, 1.82) is 0 Å². The van der Waals surface area contributed by atoms with Crippen molar-refractivity contribution >= 4 is 17.6 Å². The van der Waals surface area contributed by atoms with Crippen LogP contribution in [0.1, 0.15) is 41.4 Å². The molecule has 0 fully saturated rings. The summed E-state index contributed by atoms with van der Waals surface area (Å²) in [6.45, 7) is 3.35. The van der Waals surface area contributed by atoms with E-state index < -0.39 is 35.2 Å². The normalized spacial score (nSPS) is 13.8. The molecule has 3 aromatic rings. The predicted octanol–water partition coefficient (Wildman–Crippen LogP) is 3.86. The molecule has 1 aliphatic rings. The van der Waals surface area contributed by atoms with Gasteiger partial charge < -0.3 is 30.3 Å². The lowest BCUT2D eigenvalue weighted by atomic mass is 9.94. The van der Waals surface area contributed by atoms with E-state index in [2.05, 4.69) is 10.6 Å². The molecule has 3 aromatic carbocycles. The van der Waals surface area contributed by atoms with E-state index in [1.165, 1.54) is 36.4 Å². The van der Waals surface area contributed by atoms with E-state index in [1.54, 1.807) is 26.0 Å². The van der Waals surface area contributed by atoms with Crippen LogP contribution in [0.25, 0.3) is 0 Å². The third-order valence-corrected chi connectivity index (χ3v) is 5.83. The average Bonchev–Trinajstić information content (AvgIpc) is 2.84. The largest absolute Gasteiger partial charge is 0.507 e. The number of carbonyl (C=O) groups is 2. The number of benzene rings is 3. The first-order valence-corrected chi connectivity index (χ1v) is 11.5. The predicted molar refractivity (Wildman–Crippen MR) is 131 cm³/mol. The summed E-state index contributed by atoms with van der Waals surface area (Å²) in [5, 5.41) is 26.8. The molecule has 0 saturated heterocycles. The number of hydrogen-bond donors (Lipinski definition) is 4. The van der Waals surface area contributed by atoms with Crippen LogP contribution in [0.3, 0.4) is 0 Å². The smallest absolute Gasteiger partial charge is 0.347 e. The highest BCUT2D eigenvalue weighted by atomic mass is 19.1. The average molecular weight is 513 g/mol. The minimum absolute atomic E-state index is 0.00354. The lowest BCUT2D eigenvalue weighted by Crippen LogP contribution is -2.43. The number of fused-ring (bicyclic) bond motifs is 1. The molecule has 0 aromatic heterocycles. The van der Waals surface area contributed by atoms with E-state index in [0.29, 0.717) is 5.56 Å². The number of nitrogens with one attached hydrogen (secondary N) is 2. The van der Waals surface area contributed by atoms with Gasteiger partial charge in [0, 0.05) is 29.8 Å². The summed E-state index contributed by atoms with van der Waals surface area (Å²) in [5.74, 6) is -2.60. The number of aliphatic hydroxyl groups is 1. The molecule has 1 aliphatic heterocycles. The molecular formula is C27H26F2N2O6. The van der Waals surface area contributed by atoms with Crippen molar-refractivity contribution in [1.82, 2.24) is 5.32 Å². The van der Waals surface area contributed by atoms with Crippen molar-refractivity contribution in [3.63, 3.8) is 0 Å². The number of anilines is 1. The molecule has 0 bridgehead atoms. The molecule has 0 radical (unpaired) electrons. The van der Waals surface area contributed by atoms with Crippen molar-refractivity contribution < 1.29 is 38.1 Å². The van der Waals surface area contributed by atoms with Gasteiger partial charge in [0.05, 0.1) is 11.8 Å². The summed E-state index contributed by atoms with van der Waals surface area (Å²) in [7, 11) is 0. The van der Waals surface area contributed by atoms with Crippen LogP contribution in [-0.4, -0.2) is 40.8 Å². The number of esters is 1. The van der Waals surface area contributed by atoms with Gasteiger partial charge in [0.1, 0.15) is 34.4 Å². The zero-order valence-corrected chi connectivity index (χ0v) is 20.2. The maximum Gasteiger partial charge on any atom is 0.347 e. The van der Waals surface area contributed by atoms with E-state index in [4.69, 9.17) is 9.47 Å². The Hall–Kier alpha value is -4.02. The molecule has 4 rings (SSSR count). The first kappa shape index (κ1) is 26.1. The molecule has 1 amide bonds. The van der Waals surface area contributed by atoms with Gasteiger partial charge in [0.15, 0.2) is 6.61 Å². The van der Waals surface area contributed by atoms with Gasteiger partial charge in [-0.15, -0.1) is 0 Å². The number of carbonyl (C=O) groups excluding carboxylic acids is 2. The maximum absolute atomic E-state index is 14.1. The Labute approximate surface area is 211 Å². The zero-order chi connectivity index (χ0) is 26.7. The van der Waals surface area contributed by atoms with Crippen LogP contribution in [0.5, 0.6) is 17.2 Å². The molecule has 0 saturated carbocycles. The molecule has 10 heteroatoms. The maximum atomic E-state index is 14.1. The number of halogens is 2. The topological polar surface area (TPSA) is 117 Å². The first-order valence-electron chi connectivity index (χ1n) is 11.5. The highest BCUT2D eigenvalue weighted by molar-refractivity contribution is 5.97. The van der Waals surface area contributed by atoms with Crippen LogP contribution in [0.4, 0.5) is 14.5 Å². The Bertz CT molecular complexity index is 1340. The SMILES string of the molecule is CC(C)(Cc1ccc(F)cc1F)NC[C@H](O)c1cc(OC(=O)c2ccccc2O)cc2c1OCC(=O)N2. The first-order chi connectivity index (χ1) is 17.5. The number of β-amino-alcohol motifs (C(OH)–C–C–N with tert-alkyl or cyclic N) is 1. The highest BCUT2D eigenvalue weighted by Gasteiger charge is 2.28. The third kappa shape index (κ3) is 6.22. The number of ether oxygens (including phenoxy) is 2. The molecule has 0 aliphatic carbocycles. The Morgan fingerprint density at radius 1 is 1.19 bits per heavy atom. The number of phenols is 1. The second kappa shape index (κ2) is 10.5. The van der Waals surface area contributed by atoms with E-state index in [0.717, 1.165) is 6.07 Å². The quantitative estimate of drug-likeness (QED) is 0.267. The van der Waals surface area contributed by atoms with Crippen LogP contribution in [0, 0.1) is 11.6 Å². The molecular weight excluding hydrogens is 486 g/mol. The lowest BCUT2D eigenvalue weighted by molar-refractivity contribution is -0.118. The highest BCUT2D eigenvalue weighted by Crippen LogP contribution is 2.39. The molecule has 8 nitrogen and oxygen atoms in total. The minimum Gasteiger partial charge on any atom is -0.507 e. The van der Waals surface area contributed by atoms with E-state index in [1.807, 2.05) is 0 Å². The second-order valence-electron chi connectivity index (χ2n) is 9.33. The van der Waals surface area contributed by atoms with E-state index in [-0.39, 0.29) is 53.6 Å². The molecule has 1 heterocycles. The van der Waals surface area contributed by atoms with Crippen molar-refractivity contribution in [2.24, 2.45) is 0 Å². The van der Waals surface area contributed by atoms with Crippen LogP contribution in [0.15, 0.2) is 54.6 Å². The number of rotatable bonds is 8. The van der Waals surface area contributed by atoms with Crippen molar-refractivity contribution in [2.45, 2.75) is 31.9 Å². The van der Waals surface area contributed by atoms with Crippen molar-refractivity contribution in [3.8, 4) is 17.2 Å². The lowest BCUT2D eigenvalue weighted by Gasteiger charge is -2.29. The molecule has 1 atom stereocenters. The van der Waals surface area contributed by atoms with Gasteiger partial charge in [-0.25, -0.2) is 13.6 Å². The Morgan fingerprint density at radius 2 is 1.95 bits per heavy atom. The molecule has 194 valence electrons. The van der Waals surface area contributed by atoms with Gasteiger partial charge in [0.2, 0.25) is 0 Å². The number of para-hydroxylation sites is 1. The van der Waals surface area contributed by atoms with Crippen LogP contribution >= 0.6 is 0 Å². The van der Waals surface area contributed by atoms with Crippen molar-refractivity contribution in [3.05, 3.63) is 82.9 Å². The van der Waals surface area contributed by atoms with E-state index >= 15 is 0 Å². The van der Waals surface area contributed by atoms with E-state index in [9.17, 15) is 28.6 Å². The molecule has 0 unspecified atom stereocenters. The number of aromatic hydroxyl groups is 1. The Kier molecular flexibility index (Phi) is 7.42. The standard InChI is InChI=1S/C27H26F2N2O6/c1-27(2,12-15-7-8-16(28)9-20(15)29)30-13-23(33)19-10-17(11-21-25(19)36-14-24(34)31-21)37-26(35)18-5-3-4-6-22(18)32/h3-11,23,30,32-33H,12-14H2,1-2H3,(H,31,34)/t23-/m0/s1. The van der Waals surface area contributed by atoms with Gasteiger partial charge >= 0.3 is 5.97 Å². The number of amides is 1. The summed E-state index contributed by atoms with van der Waals surface area (Å²) in [6.07, 6.45) is -0.959. The van der Waals surface area contributed by atoms with Gasteiger partial charge in [0.25, 0.3) is 5.91 Å². The van der Waals surface area contributed by atoms with Crippen molar-refractivity contribution in [2.75, 3.05) is 18.5 Å². The summed E-state index contributed by atoms with van der Waals surface area (Å²) < 4.78 is 38.3. The van der Waals surface area contributed by atoms with Gasteiger partial charge in [-0.2, -0.15) is 0 Å². The summed E-state index contributed by atoms with van der Waals surface area (Å²) in [4.78, 5) is 24.5. The summed E-state index contributed by atoms with van der Waals surface area (Å²) in [5.41, 5.74) is 0.0206. The number of hydrogen-bond acceptors (Lipinski definition) is 7. The fraction of sp³-hybridized carbons (Fsp3) is 0.259. The fourth-order valence-corrected chi connectivity index (χ4v) is 4.00. The van der Waals surface area contributed by atoms with Gasteiger partial charge in [-0.3, -0.25) is 4.79 Å².